The molecule has 2 rings (SSSR count). The molecule has 4 heteroatoms. The topological polar surface area (TPSA) is 38.1 Å². The molecule has 1 aromatic heterocycles. The maximum Gasteiger partial charge on any atom is 0.0848 e. The molecule has 1 N–H and O–H groups in total. The quantitative estimate of drug-likeness (QED) is 0.881. The zero-order chi connectivity index (χ0) is 11.9. The monoisotopic (exact) mass is 242 g/mol. The lowest BCUT2D eigenvalue weighted by molar-refractivity contribution is 0.0122. The van der Waals surface area contributed by atoms with E-state index in [2.05, 4.69) is 5.10 Å². The summed E-state index contributed by atoms with van der Waals surface area (Å²) in [6, 6.07) is 0. The van der Waals surface area contributed by atoms with Crippen molar-refractivity contribution < 1.29 is 5.11 Å². The molecule has 1 fully saturated rings. The van der Waals surface area contributed by atoms with Crippen LogP contribution < -0.4 is 0 Å². The molecule has 16 heavy (non-hydrogen) atoms. The van der Waals surface area contributed by atoms with Crippen molar-refractivity contribution in [2.24, 2.45) is 13.0 Å². The van der Waals surface area contributed by atoms with Crippen molar-refractivity contribution in [1.29, 1.82) is 0 Å². The minimum absolute atomic E-state index is 0.448. The lowest BCUT2D eigenvalue weighted by Gasteiger charge is -2.26. The fourth-order valence-electron chi connectivity index (χ4n) is 2.34. The van der Waals surface area contributed by atoms with Crippen molar-refractivity contribution in [2.45, 2.75) is 45.1 Å². The van der Waals surface area contributed by atoms with Crippen LogP contribution in [0.2, 0.25) is 5.02 Å². The van der Waals surface area contributed by atoms with Crippen LogP contribution in [-0.4, -0.2) is 20.5 Å². The molecule has 0 radical (unpaired) electrons. The minimum atomic E-state index is -0.593. The summed E-state index contributed by atoms with van der Waals surface area (Å²) < 4.78 is 1.79. The second kappa shape index (κ2) is 4.04. The molecule has 1 saturated carbocycles. The van der Waals surface area contributed by atoms with E-state index in [0.29, 0.717) is 17.4 Å². The van der Waals surface area contributed by atoms with E-state index in [0.717, 1.165) is 30.7 Å². The molecule has 0 spiro atoms. The van der Waals surface area contributed by atoms with Gasteiger partial charge in [-0.15, -0.1) is 0 Å². The van der Waals surface area contributed by atoms with E-state index in [1.54, 1.807) is 4.68 Å². The summed E-state index contributed by atoms with van der Waals surface area (Å²) in [6.07, 6.45) is 3.67. The molecular formula is C12H19ClN2O. The van der Waals surface area contributed by atoms with Gasteiger partial charge in [-0.1, -0.05) is 18.5 Å². The molecule has 90 valence electrons. The zero-order valence-electron chi connectivity index (χ0n) is 10.1. The molecule has 1 atom stereocenters. The standard InChI is InChI=1S/C12H19ClN2O/c1-4-12(16,9-5-6-9)7-10-11(13)8(2)14-15(10)3/h9,16H,4-7H2,1-3H3. The molecule has 0 amide bonds. The van der Waals surface area contributed by atoms with Gasteiger partial charge in [0.15, 0.2) is 0 Å². The molecule has 1 unspecified atom stereocenters. The van der Waals surface area contributed by atoms with E-state index in [1.807, 2.05) is 20.9 Å². The highest BCUT2D eigenvalue weighted by Crippen LogP contribution is 2.44. The molecular weight excluding hydrogens is 224 g/mol. The Labute approximate surface area is 101 Å². The first-order chi connectivity index (χ1) is 7.48. The van der Waals surface area contributed by atoms with Crippen LogP contribution >= 0.6 is 11.6 Å². The Morgan fingerprint density at radius 3 is 2.56 bits per heavy atom. The second-order valence-electron chi connectivity index (χ2n) is 4.88. The van der Waals surface area contributed by atoms with Gasteiger partial charge in [-0.2, -0.15) is 5.10 Å². The number of aliphatic hydroxyl groups is 1. The average Bonchev–Trinajstić information content (AvgIpc) is 3.05. The Hall–Kier alpha value is -0.540. The van der Waals surface area contributed by atoms with E-state index < -0.39 is 5.60 Å². The Kier molecular flexibility index (Phi) is 3.01. The van der Waals surface area contributed by atoms with Gasteiger partial charge < -0.3 is 5.11 Å². The molecule has 1 aliphatic rings. The van der Waals surface area contributed by atoms with Crippen LogP contribution in [0.5, 0.6) is 0 Å². The highest BCUT2D eigenvalue weighted by molar-refractivity contribution is 6.31. The highest BCUT2D eigenvalue weighted by atomic mass is 35.5. The number of aryl methyl sites for hydroxylation is 2. The average molecular weight is 243 g/mol. The molecule has 0 aliphatic heterocycles. The summed E-state index contributed by atoms with van der Waals surface area (Å²) in [6.45, 7) is 3.93. The summed E-state index contributed by atoms with van der Waals surface area (Å²) >= 11 is 6.21. The van der Waals surface area contributed by atoms with Crippen molar-refractivity contribution in [2.75, 3.05) is 0 Å². The number of rotatable bonds is 4. The predicted octanol–water partition coefficient (Wildman–Crippen LogP) is 2.48. The van der Waals surface area contributed by atoms with E-state index >= 15 is 0 Å². The Morgan fingerprint density at radius 1 is 1.56 bits per heavy atom. The number of hydrogen-bond acceptors (Lipinski definition) is 2. The highest BCUT2D eigenvalue weighted by Gasteiger charge is 2.43. The number of aromatic nitrogens is 2. The molecule has 0 saturated heterocycles. The van der Waals surface area contributed by atoms with Crippen LogP contribution in [0.25, 0.3) is 0 Å². The van der Waals surface area contributed by atoms with Gasteiger partial charge in [-0.25, -0.2) is 0 Å². The van der Waals surface area contributed by atoms with Crippen LogP contribution in [0.15, 0.2) is 0 Å². The van der Waals surface area contributed by atoms with Crippen LogP contribution in [0.4, 0.5) is 0 Å². The molecule has 1 heterocycles. The predicted molar refractivity (Wildman–Crippen MR) is 64.6 cm³/mol. The van der Waals surface area contributed by atoms with Gasteiger partial charge in [-0.3, -0.25) is 4.68 Å². The van der Waals surface area contributed by atoms with Gasteiger partial charge in [0.2, 0.25) is 0 Å². The maximum absolute atomic E-state index is 10.6. The zero-order valence-corrected chi connectivity index (χ0v) is 10.9. The third kappa shape index (κ3) is 1.98. The van der Waals surface area contributed by atoms with Gasteiger partial charge in [0.05, 0.1) is 22.0 Å². The van der Waals surface area contributed by atoms with Crippen molar-refractivity contribution in [1.82, 2.24) is 9.78 Å². The largest absolute Gasteiger partial charge is 0.389 e. The Balaban J connectivity index is 2.25. The SMILES string of the molecule is CCC(O)(Cc1c(Cl)c(C)nn1C)C1CC1. The van der Waals surface area contributed by atoms with Crippen LogP contribution in [0, 0.1) is 12.8 Å². The maximum atomic E-state index is 10.6. The first-order valence-electron chi connectivity index (χ1n) is 5.88. The van der Waals surface area contributed by atoms with Crippen molar-refractivity contribution >= 4 is 11.6 Å². The normalized spacial score (nSPS) is 19.8. The molecule has 3 nitrogen and oxygen atoms in total. The van der Waals surface area contributed by atoms with Gasteiger partial charge in [0.1, 0.15) is 0 Å². The van der Waals surface area contributed by atoms with Crippen LogP contribution in [0.1, 0.15) is 37.6 Å². The van der Waals surface area contributed by atoms with Crippen molar-refractivity contribution in [3.05, 3.63) is 16.4 Å². The lowest BCUT2D eigenvalue weighted by atomic mass is 9.89. The lowest BCUT2D eigenvalue weighted by Crippen LogP contribution is -2.34. The summed E-state index contributed by atoms with van der Waals surface area (Å²) in [5.74, 6) is 0.448. The summed E-state index contributed by atoms with van der Waals surface area (Å²) in [5, 5.41) is 15.6. The van der Waals surface area contributed by atoms with E-state index in [1.165, 1.54) is 0 Å². The van der Waals surface area contributed by atoms with Crippen molar-refractivity contribution in [3.63, 3.8) is 0 Å². The number of nitrogens with zero attached hydrogens (tertiary/aromatic N) is 2. The fraction of sp³-hybridized carbons (Fsp3) is 0.750. The first kappa shape index (κ1) is 11.9. The fourth-order valence-corrected chi connectivity index (χ4v) is 2.57. The molecule has 0 bridgehead atoms. The summed E-state index contributed by atoms with van der Waals surface area (Å²) in [7, 11) is 1.89. The van der Waals surface area contributed by atoms with Gasteiger partial charge in [-0.05, 0) is 32.1 Å². The number of hydrogen-bond donors (Lipinski definition) is 1. The first-order valence-corrected chi connectivity index (χ1v) is 6.26. The van der Waals surface area contributed by atoms with Gasteiger partial charge >= 0.3 is 0 Å². The van der Waals surface area contributed by atoms with E-state index in [4.69, 9.17) is 11.6 Å². The third-order valence-corrected chi connectivity index (χ3v) is 4.18. The Bertz CT molecular complexity index is 398. The Morgan fingerprint density at radius 2 is 2.19 bits per heavy atom. The van der Waals surface area contributed by atoms with Gasteiger partial charge in [0.25, 0.3) is 0 Å². The van der Waals surface area contributed by atoms with Crippen LogP contribution in [0.3, 0.4) is 0 Å². The molecule has 1 aromatic rings. The second-order valence-corrected chi connectivity index (χ2v) is 5.26. The van der Waals surface area contributed by atoms with Crippen molar-refractivity contribution in [3.8, 4) is 0 Å². The van der Waals surface area contributed by atoms with E-state index in [9.17, 15) is 5.11 Å². The third-order valence-electron chi connectivity index (χ3n) is 3.68. The van der Waals surface area contributed by atoms with Gasteiger partial charge in [0, 0.05) is 13.5 Å². The summed E-state index contributed by atoms with van der Waals surface area (Å²) in [4.78, 5) is 0. The number of halogens is 1. The smallest absolute Gasteiger partial charge is 0.0848 e. The molecule has 0 aromatic carbocycles. The minimum Gasteiger partial charge on any atom is -0.389 e. The molecule has 1 aliphatic carbocycles. The summed E-state index contributed by atoms with van der Waals surface area (Å²) in [5.41, 5.74) is 1.20. The van der Waals surface area contributed by atoms with E-state index in [-0.39, 0.29) is 0 Å². The van der Waals surface area contributed by atoms with Crippen LogP contribution in [-0.2, 0) is 13.5 Å².